The first kappa shape index (κ1) is 13.0. The van der Waals surface area contributed by atoms with Crippen LogP contribution in [0.25, 0.3) is 0 Å². The molecule has 1 rings (SSSR count). The standard InChI is InChI=1S/C13H28N2/c1-6-15(5)12-9-10(13(2,3)4)7-8-11(12)14/h10-12H,6-9,14H2,1-5H3. The van der Waals surface area contributed by atoms with Crippen LogP contribution >= 0.6 is 0 Å². The number of nitrogens with zero attached hydrogens (tertiary/aromatic N) is 1. The van der Waals surface area contributed by atoms with Crippen molar-refractivity contribution in [3.05, 3.63) is 0 Å². The average Bonchev–Trinajstić information content (AvgIpc) is 2.15. The molecule has 0 aromatic heterocycles. The third kappa shape index (κ3) is 3.18. The summed E-state index contributed by atoms with van der Waals surface area (Å²) in [4.78, 5) is 2.42. The van der Waals surface area contributed by atoms with Gasteiger partial charge in [-0.15, -0.1) is 0 Å². The Labute approximate surface area is 95.2 Å². The van der Waals surface area contributed by atoms with Gasteiger partial charge in [0.15, 0.2) is 0 Å². The van der Waals surface area contributed by atoms with Crippen molar-refractivity contribution < 1.29 is 0 Å². The number of likely N-dealkylation sites (N-methyl/N-ethyl adjacent to an activating group) is 1. The molecule has 0 spiro atoms. The molecule has 0 aromatic rings. The summed E-state index contributed by atoms with van der Waals surface area (Å²) in [5.41, 5.74) is 6.66. The van der Waals surface area contributed by atoms with Crippen LogP contribution in [-0.2, 0) is 0 Å². The number of hydrogen-bond donors (Lipinski definition) is 1. The van der Waals surface area contributed by atoms with Crippen LogP contribution in [0.1, 0.15) is 47.0 Å². The Bertz CT molecular complexity index is 191. The lowest BCUT2D eigenvalue weighted by Crippen LogP contribution is -2.51. The summed E-state index contributed by atoms with van der Waals surface area (Å²) in [6.45, 7) is 10.4. The van der Waals surface area contributed by atoms with E-state index in [9.17, 15) is 0 Å². The normalized spacial score (nSPS) is 33.4. The summed E-state index contributed by atoms with van der Waals surface area (Å²) in [6, 6.07) is 0.974. The molecular formula is C13H28N2. The lowest BCUT2D eigenvalue weighted by Gasteiger charge is -2.43. The van der Waals surface area contributed by atoms with Gasteiger partial charge in [0.25, 0.3) is 0 Å². The second-order valence-corrected chi connectivity index (χ2v) is 6.18. The minimum absolute atomic E-state index is 0.383. The number of rotatable bonds is 2. The first-order valence-electron chi connectivity index (χ1n) is 6.32. The molecule has 0 saturated heterocycles. The van der Waals surface area contributed by atoms with Crippen molar-refractivity contribution in [2.75, 3.05) is 13.6 Å². The summed E-state index contributed by atoms with van der Waals surface area (Å²) >= 11 is 0. The predicted molar refractivity (Wildman–Crippen MR) is 66.9 cm³/mol. The average molecular weight is 212 g/mol. The molecule has 0 bridgehead atoms. The summed E-state index contributed by atoms with van der Waals surface area (Å²) in [7, 11) is 2.20. The molecule has 3 atom stereocenters. The fraction of sp³-hybridized carbons (Fsp3) is 1.00. The summed E-state index contributed by atoms with van der Waals surface area (Å²) in [5, 5.41) is 0. The van der Waals surface area contributed by atoms with Crippen molar-refractivity contribution in [3.63, 3.8) is 0 Å². The maximum Gasteiger partial charge on any atom is 0.0246 e. The van der Waals surface area contributed by atoms with E-state index in [0.717, 1.165) is 12.5 Å². The topological polar surface area (TPSA) is 29.3 Å². The molecule has 1 saturated carbocycles. The third-order valence-corrected chi connectivity index (χ3v) is 4.16. The Hall–Kier alpha value is -0.0800. The van der Waals surface area contributed by atoms with E-state index in [1.54, 1.807) is 0 Å². The van der Waals surface area contributed by atoms with E-state index >= 15 is 0 Å². The van der Waals surface area contributed by atoms with Crippen LogP contribution in [-0.4, -0.2) is 30.6 Å². The fourth-order valence-electron chi connectivity index (χ4n) is 2.70. The highest BCUT2D eigenvalue weighted by atomic mass is 15.1. The zero-order valence-corrected chi connectivity index (χ0v) is 11.1. The first-order chi connectivity index (χ1) is 6.86. The molecule has 15 heavy (non-hydrogen) atoms. The van der Waals surface area contributed by atoms with E-state index in [4.69, 9.17) is 5.73 Å². The second-order valence-electron chi connectivity index (χ2n) is 6.18. The number of nitrogens with two attached hydrogens (primary N) is 1. The minimum atomic E-state index is 0.383. The highest BCUT2D eigenvalue weighted by molar-refractivity contribution is 4.91. The predicted octanol–water partition coefficient (Wildman–Crippen LogP) is 2.48. The van der Waals surface area contributed by atoms with Crippen LogP contribution in [0.4, 0.5) is 0 Å². The Morgan fingerprint density at radius 3 is 2.33 bits per heavy atom. The number of hydrogen-bond acceptors (Lipinski definition) is 2. The second kappa shape index (κ2) is 4.84. The maximum atomic E-state index is 6.22. The van der Waals surface area contributed by atoms with E-state index in [1.807, 2.05) is 0 Å². The zero-order chi connectivity index (χ0) is 11.6. The van der Waals surface area contributed by atoms with Crippen molar-refractivity contribution >= 4 is 0 Å². The van der Waals surface area contributed by atoms with Gasteiger partial charge in [-0.2, -0.15) is 0 Å². The van der Waals surface area contributed by atoms with Crippen molar-refractivity contribution in [1.82, 2.24) is 4.90 Å². The Morgan fingerprint density at radius 1 is 1.27 bits per heavy atom. The van der Waals surface area contributed by atoms with Gasteiger partial charge >= 0.3 is 0 Å². The summed E-state index contributed by atoms with van der Waals surface area (Å²) in [5.74, 6) is 0.830. The Balaban J connectivity index is 2.64. The molecule has 2 nitrogen and oxygen atoms in total. The van der Waals surface area contributed by atoms with Crippen LogP contribution in [0.2, 0.25) is 0 Å². The summed E-state index contributed by atoms with van der Waals surface area (Å²) < 4.78 is 0. The van der Waals surface area contributed by atoms with E-state index in [-0.39, 0.29) is 0 Å². The molecule has 0 aromatic carbocycles. The van der Waals surface area contributed by atoms with Crippen LogP contribution in [0.15, 0.2) is 0 Å². The lowest BCUT2D eigenvalue weighted by molar-refractivity contribution is 0.0871. The van der Waals surface area contributed by atoms with Gasteiger partial charge in [0.1, 0.15) is 0 Å². The molecule has 3 unspecified atom stereocenters. The van der Waals surface area contributed by atoms with Gasteiger partial charge in [-0.05, 0) is 44.2 Å². The Kier molecular flexibility index (Phi) is 4.19. The molecule has 90 valence electrons. The molecule has 0 aliphatic heterocycles. The monoisotopic (exact) mass is 212 g/mol. The van der Waals surface area contributed by atoms with Crippen LogP contribution in [0, 0.1) is 11.3 Å². The van der Waals surface area contributed by atoms with Gasteiger partial charge in [0, 0.05) is 12.1 Å². The molecule has 1 fully saturated rings. The van der Waals surface area contributed by atoms with Gasteiger partial charge in [0.05, 0.1) is 0 Å². The molecular weight excluding hydrogens is 184 g/mol. The van der Waals surface area contributed by atoms with Crippen LogP contribution in [0.3, 0.4) is 0 Å². The maximum absolute atomic E-state index is 6.22. The first-order valence-corrected chi connectivity index (χ1v) is 6.32. The highest BCUT2D eigenvalue weighted by Gasteiger charge is 2.35. The molecule has 2 heteroatoms. The minimum Gasteiger partial charge on any atom is -0.326 e. The van der Waals surface area contributed by atoms with Gasteiger partial charge in [-0.3, -0.25) is 0 Å². The van der Waals surface area contributed by atoms with Crippen LogP contribution < -0.4 is 5.73 Å². The van der Waals surface area contributed by atoms with Gasteiger partial charge < -0.3 is 10.6 Å². The largest absolute Gasteiger partial charge is 0.326 e. The van der Waals surface area contributed by atoms with E-state index in [0.29, 0.717) is 17.5 Å². The van der Waals surface area contributed by atoms with Gasteiger partial charge in [-0.25, -0.2) is 0 Å². The van der Waals surface area contributed by atoms with Crippen molar-refractivity contribution in [2.24, 2.45) is 17.1 Å². The molecule has 1 aliphatic carbocycles. The fourth-order valence-corrected chi connectivity index (χ4v) is 2.70. The third-order valence-electron chi connectivity index (χ3n) is 4.16. The van der Waals surface area contributed by atoms with Gasteiger partial charge in [-0.1, -0.05) is 27.7 Å². The molecule has 2 N–H and O–H groups in total. The highest BCUT2D eigenvalue weighted by Crippen LogP contribution is 2.38. The Morgan fingerprint density at radius 2 is 1.87 bits per heavy atom. The van der Waals surface area contributed by atoms with E-state index in [2.05, 4.69) is 39.6 Å². The van der Waals surface area contributed by atoms with Gasteiger partial charge in [0.2, 0.25) is 0 Å². The van der Waals surface area contributed by atoms with E-state index < -0.39 is 0 Å². The van der Waals surface area contributed by atoms with E-state index in [1.165, 1.54) is 19.3 Å². The zero-order valence-electron chi connectivity index (χ0n) is 11.1. The van der Waals surface area contributed by atoms with Crippen molar-refractivity contribution in [2.45, 2.75) is 59.0 Å². The molecule has 0 radical (unpaired) electrons. The SMILES string of the molecule is CCN(C)C1CC(C(C)(C)C)CCC1N. The van der Waals surface area contributed by atoms with Crippen molar-refractivity contribution in [1.29, 1.82) is 0 Å². The molecule has 0 heterocycles. The quantitative estimate of drug-likeness (QED) is 0.762. The van der Waals surface area contributed by atoms with Crippen LogP contribution in [0.5, 0.6) is 0 Å². The van der Waals surface area contributed by atoms with Crippen molar-refractivity contribution in [3.8, 4) is 0 Å². The smallest absolute Gasteiger partial charge is 0.0246 e. The molecule has 1 aliphatic rings. The lowest BCUT2D eigenvalue weighted by atomic mass is 9.69. The molecule has 0 amide bonds. The summed E-state index contributed by atoms with van der Waals surface area (Å²) in [6.07, 6.45) is 3.77.